The molecule has 0 amide bonds. The van der Waals surface area contributed by atoms with Gasteiger partial charge in [-0.05, 0) is 30.2 Å². The maximum Gasteiger partial charge on any atom is 0.123 e. The predicted octanol–water partition coefficient (Wildman–Crippen LogP) is 1.55. The van der Waals surface area contributed by atoms with Crippen LogP contribution in [0.25, 0.3) is 0 Å². The fraction of sp³-hybridized carbons (Fsp3) is 0.333. The van der Waals surface area contributed by atoms with Crippen LogP contribution in [0.2, 0.25) is 0 Å². The van der Waals surface area contributed by atoms with Crippen molar-refractivity contribution in [1.82, 2.24) is 0 Å². The van der Waals surface area contributed by atoms with Gasteiger partial charge in [-0.3, -0.25) is 0 Å². The highest BCUT2D eigenvalue weighted by atomic mass is 35.5. The van der Waals surface area contributed by atoms with E-state index in [0.29, 0.717) is 5.56 Å². The molecule has 4 heteroatoms. The Balaban J connectivity index is 0.00000144. The topological polar surface area (TPSA) is 46.2 Å². The molecule has 13 heavy (non-hydrogen) atoms. The average molecular weight is 206 g/mol. The number of aliphatic hydroxyl groups is 1. The van der Waals surface area contributed by atoms with Crippen molar-refractivity contribution in [3.8, 4) is 0 Å². The third-order valence-electron chi connectivity index (χ3n) is 1.84. The van der Waals surface area contributed by atoms with Crippen LogP contribution < -0.4 is 5.73 Å². The summed E-state index contributed by atoms with van der Waals surface area (Å²) in [6.45, 7) is 1.68. The molecule has 3 N–H and O–H groups in total. The Morgan fingerprint density at radius 3 is 2.69 bits per heavy atom. The number of hydrogen-bond donors (Lipinski definition) is 2. The lowest BCUT2D eigenvalue weighted by molar-refractivity contribution is 0.267. The number of aryl methyl sites for hydroxylation is 1. The Hall–Kier alpha value is -0.640. The minimum Gasteiger partial charge on any atom is -0.394 e. The minimum absolute atomic E-state index is 0. The molecule has 0 spiro atoms. The first-order chi connectivity index (χ1) is 5.65. The SMILES string of the molecule is Cc1ccc(F)cc1[C@H](N)CO.Cl. The number of rotatable bonds is 2. The zero-order valence-corrected chi connectivity index (χ0v) is 8.14. The second-order valence-electron chi connectivity index (χ2n) is 2.79. The normalized spacial score (nSPS) is 12.0. The molecular weight excluding hydrogens is 193 g/mol. The third kappa shape index (κ3) is 2.95. The van der Waals surface area contributed by atoms with E-state index in [1.807, 2.05) is 6.92 Å². The van der Waals surface area contributed by atoms with Crippen LogP contribution in [0.3, 0.4) is 0 Å². The van der Waals surface area contributed by atoms with Crippen LogP contribution in [0.15, 0.2) is 18.2 Å². The molecule has 0 saturated carbocycles. The molecule has 2 nitrogen and oxygen atoms in total. The van der Waals surface area contributed by atoms with Crippen molar-refractivity contribution in [2.24, 2.45) is 5.73 Å². The van der Waals surface area contributed by atoms with Crippen LogP contribution in [0.5, 0.6) is 0 Å². The molecule has 0 heterocycles. The van der Waals surface area contributed by atoms with Gasteiger partial charge in [0.05, 0.1) is 12.6 Å². The van der Waals surface area contributed by atoms with Crippen LogP contribution in [0, 0.1) is 12.7 Å². The summed E-state index contributed by atoms with van der Waals surface area (Å²) in [5, 5.41) is 8.76. The number of nitrogens with two attached hydrogens (primary N) is 1. The molecule has 1 atom stereocenters. The van der Waals surface area contributed by atoms with Crippen LogP contribution in [0.1, 0.15) is 17.2 Å². The van der Waals surface area contributed by atoms with Gasteiger partial charge < -0.3 is 10.8 Å². The summed E-state index contributed by atoms with van der Waals surface area (Å²) in [6, 6.07) is 3.90. The molecule has 0 fully saturated rings. The van der Waals surface area contributed by atoms with E-state index in [1.54, 1.807) is 6.07 Å². The van der Waals surface area contributed by atoms with Crippen molar-refractivity contribution in [3.05, 3.63) is 35.1 Å². The van der Waals surface area contributed by atoms with Gasteiger partial charge in [-0.2, -0.15) is 0 Å². The molecule has 1 aromatic carbocycles. The second-order valence-corrected chi connectivity index (χ2v) is 2.79. The van der Waals surface area contributed by atoms with E-state index in [0.717, 1.165) is 5.56 Å². The first-order valence-corrected chi connectivity index (χ1v) is 3.77. The predicted molar refractivity (Wildman–Crippen MR) is 52.4 cm³/mol. The third-order valence-corrected chi connectivity index (χ3v) is 1.84. The van der Waals surface area contributed by atoms with E-state index < -0.39 is 6.04 Å². The molecule has 0 saturated heterocycles. The number of halogens is 2. The van der Waals surface area contributed by atoms with Gasteiger partial charge in [-0.1, -0.05) is 6.07 Å². The molecule has 0 bridgehead atoms. The van der Waals surface area contributed by atoms with E-state index in [-0.39, 0.29) is 24.8 Å². The number of aliphatic hydroxyl groups excluding tert-OH is 1. The Morgan fingerprint density at radius 2 is 2.15 bits per heavy atom. The van der Waals surface area contributed by atoms with E-state index in [9.17, 15) is 4.39 Å². The Morgan fingerprint density at radius 1 is 1.54 bits per heavy atom. The summed E-state index contributed by atoms with van der Waals surface area (Å²) in [7, 11) is 0. The second kappa shape index (κ2) is 5.17. The molecule has 0 aliphatic carbocycles. The van der Waals surface area contributed by atoms with E-state index >= 15 is 0 Å². The standard InChI is InChI=1S/C9H12FNO.ClH/c1-6-2-3-7(10)4-8(6)9(11)5-12;/h2-4,9,12H,5,11H2,1H3;1H/t9-;/m1./s1. The molecule has 0 aliphatic rings. The summed E-state index contributed by atoms with van der Waals surface area (Å²) in [4.78, 5) is 0. The lowest BCUT2D eigenvalue weighted by Crippen LogP contribution is -2.15. The van der Waals surface area contributed by atoms with Crippen LogP contribution in [-0.4, -0.2) is 11.7 Å². The summed E-state index contributed by atoms with van der Waals surface area (Å²) in [5.74, 6) is -0.320. The van der Waals surface area contributed by atoms with E-state index in [4.69, 9.17) is 10.8 Å². The fourth-order valence-electron chi connectivity index (χ4n) is 1.11. The molecule has 0 aromatic heterocycles. The van der Waals surface area contributed by atoms with Gasteiger partial charge in [0.2, 0.25) is 0 Å². The maximum atomic E-state index is 12.7. The molecule has 1 rings (SSSR count). The summed E-state index contributed by atoms with van der Waals surface area (Å²) in [5.41, 5.74) is 7.11. The van der Waals surface area contributed by atoms with Crippen molar-refractivity contribution in [2.75, 3.05) is 6.61 Å². The molecule has 1 aromatic rings. The smallest absolute Gasteiger partial charge is 0.123 e. The quantitative estimate of drug-likeness (QED) is 0.770. The largest absolute Gasteiger partial charge is 0.394 e. The van der Waals surface area contributed by atoms with Crippen molar-refractivity contribution < 1.29 is 9.50 Å². The first-order valence-electron chi connectivity index (χ1n) is 3.77. The zero-order chi connectivity index (χ0) is 9.14. The minimum atomic E-state index is -0.485. The summed E-state index contributed by atoms with van der Waals surface area (Å²) in [6.07, 6.45) is 0. The number of hydrogen-bond acceptors (Lipinski definition) is 2. The first kappa shape index (κ1) is 12.4. The fourth-order valence-corrected chi connectivity index (χ4v) is 1.11. The van der Waals surface area contributed by atoms with Crippen molar-refractivity contribution in [1.29, 1.82) is 0 Å². The van der Waals surface area contributed by atoms with Gasteiger partial charge in [0.25, 0.3) is 0 Å². The van der Waals surface area contributed by atoms with Gasteiger partial charge in [-0.15, -0.1) is 12.4 Å². The van der Waals surface area contributed by atoms with Gasteiger partial charge in [0.15, 0.2) is 0 Å². The molecular formula is C9H13ClFNO. The summed E-state index contributed by atoms with van der Waals surface area (Å²) < 4.78 is 12.7. The lowest BCUT2D eigenvalue weighted by atomic mass is 10.0. The van der Waals surface area contributed by atoms with Crippen molar-refractivity contribution >= 4 is 12.4 Å². The van der Waals surface area contributed by atoms with Gasteiger partial charge in [0.1, 0.15) is 5.82 Å². The average Bonchev–Trinajstić information content (AvgIpc) is 2.08. The lowest BCUT2D eigenvalue weighted by Gasteiger charge is -2.11. The van der Waals surface area contributed by atoms with Gasteiger partial charge in [-0.25, -0.2) is 4.39 Å². The van der Waals surface area contributed by atoms with Crippen LogP contribution >= 0.6 is 12.4 Å². The van der Waals surface area contributed by atoms with E-state index in [1.165, 1.54) is 12.1 Å². The highest BCUT2D eigenvalue weighted by molar-refractivity contribution is 5.85. The highest BCUT2D eigenvalue weighted by Crippen LogP contribution is 2.16. The molecule has 0 unspecified atom stereocenters. The van der Waals surface area contributed by atoms with Crippen molar-refractivity contribution in [2.45, 2.75) is 13.0 Å². The number of benzene rings is 1. The maximum absolute atomic E-state index is 12.7. The van der Waals surface area contributed by atoms with Crippen LogP contribution in [0.4, 0.5) is 4.39 Å². The van der Waals surface area contributed by atoms with Crippen LogP contribution in [-0.2, 0) is 0 Å². The van der Waals surface area contributed by atoms with Gasteiger partial charge in [0, 0.05) is 0 Å². The monoisotopic (exact) mass is 205 g/mol. The molecule has 0 aliphatic heterocycles. The van der Waals surface area contributed by atoms with Gasteiger partial charge >= 0.3 is 0 Å². The van der Waals surface area contributed by atoms with E-state index in [2.05, 4.69) is 0 Å². The highest BCUT2D eigenvalue weighted by Gasteiger charge is 2.07. The van der Waals surface area contributed by atoms with Crippen molar-refractivity contribution in [3.63, 3.8) is 0 Å². The molecule has 0 radical (unpaired) electrons. The Bertz CT molecular complexity index is 280. The zero-order valence-electron chi connectivity index (χ0n) is 7.33. The Kier molecular flexibility index (Phi) is 4.91. The molecule has 74 valence electrons. The summed E-state index contributed by atoms with van der Waals surface area (Å²) >= 11 is 0. The Labute approximate surface area is 83.0 Å².